The number of nitrogens with two attached hydrogens (primary N) is 3. The first kappa shape index (κ1) is 12.5. The first-order valence-electron chi connectivity index (χ1n) is 5.73. The summed E-state index contributed by atoms with van der Waals surface area (Å²) in [4.78, 5) is 0. The lowest BCUT2D eigenvalue weighted by molar-refractivity contribution is 0.307. The SMILES string of the molecule is CCCCCCOc1ccc(N)c(N)c1N. The molecule has 0 aliphatic carbocycles. The summed E-state index contributed by atoms with van der Waals surface area (Å²) >= 11 is 0. The van der Waals surface area contributed by atoms with Crippen LogP contribution in [0, 0.1) is 0 Å². The van der Waals surface area contributed by atoms with Crippen molar-refractivity contribution in [1.29, 1.82) is 0 Å². The molecule has 0 unspecified atom stereocenters. The number of unbranched alkanes of at least 4 members (excludes halogenated alkanes) is 3. The number of nitrogen functional groups attached to an aromatic ring is 3. The molecule has 0 fully saturated rings. The monoisotopic (exact) mass is 223 g/mol. The molecule has 4 heteroatoms. The van der Waals surface area contributed by atoms with Crippen LogP contribution < -0.4 is 21.9 Å². The fourth-order valence-electron chi connectivity index (χ4n) is 1.47. The molecule has 4 nitrogen and oxygen atoms in total. The molecular formula is C12H21N3O. The zero-order valence-corrected chi connectivity index (χ0v) is 9.83. The van der Waals surface area contributed by atoms with Crippen LogP contribution in [-0.4, -0.2) is 6.61 Å². The third-order valence-corrected chi connectivity index (χ3v) is 2.54. The van der Waals surface area contributed by atoms with Gasteiger partial charge in [0.1, 0.15) is 5.75 Å². The molecule has 1 aromatic carbocycles. The maximum atomic E-state index is 5.79. The molecule has 16 heavy (non-hydrogen) atoms. The maximum Gasteiger partial charge on any atom is 0.144 e. The van der Waals surface area contributed by atoms with E-state index < -0.39 is 0 Å². The van der Waals surface area contributed by atoms with E-state index in [2.05, 4.69) is 6.92 Å². The normalized spacial score (nSPS) is 10.3. The highest BCUT2D eigenvalue weighted by Gasteiger charge is 2.06. The number of rotatable bonds is 6. The number of hydrogen-bond donors (Lipinski definition) is 3. The molecule has 1 aromatic rings. The molecule has 0 bridgehead atoms. The number of hydrogen-bond acceptors (Lipinski definition) is 4. The van der Waals surface area contributed by atoms with Crippen molar-refractivity contribution in [3.8, 4) is 5.75 Å². The molecule has 0 radical (unpaired) electrons. The third kappa shape index (κ3) is 3.22. The second kappa shape index (κ2) is 6.10. The Morgan fingerprint density at radius 3 is 2.44 bits per heavy atom. The summed E-state index contributed by atoms with van der Waals surface area (Å²) in [6, 6.07) is 3.48. The minimum Gasteiger partial charge on any atom is -0.491 e. The summed E-state index contributed by atoms with van der Waals surface area (Å²) in [6.45, 7) is 2.85. The zero-order chi connectivity index (χ0) is 12.0. The van der Waals surface area contributed by atoms with Crippen LogP contribution in [0.5, 0.6) is 5.75 Å². The van der Waals surface area contributed by atoms with Gasteiger partial charge in [-0.25, -0.2) is 0 Å². The van der Waals surface area contributed by atoms with Crippen LogP contribution in [0.25, 0.3) is 0 Å². The van der Waals surface area contributed by atoms with Crippen molar-refractivity contribution in [3.05, 3.63) is 12.1 Å². The second-order valence-corrected chi connectivity index (χ2v) is 3.89. The van der Waals surface area contributed by atoms with Crippen LogP contribution >= 0.6 is 0 Å². The summed E-state index contributed by atoms with van der Waals surface area (Å²) < 4.78 is 5.56. The lowest BCUT2D eigenvalue weighted by Crippen LogP contribution is -2.05. The summed E-state index contributed by atoms with van der Waals surface area (Å²) in [5.74, 6) is 0.628. The Morgan fingerprint density at radius 2 is 1.75 bits per heavy atom. The highest BCUT2D eigenvalue weighted by Crippen LogP contribution is 2.32. The van der Waals surface area contributed by atoms with Gasteiger partial charge in [-0.3, -0.25) is 0 Å². The Bertz CT molecular complexity index is 339. The average Bonchev–Trinajstić information content (AvgIpc) is 2.28. The standard InChI is InChI=1S/C12H21N3O/c1-2-3-4-5-8-16-10-7-6-9(13)11(14)12(10)15/h6-7H,2-5,8,13-15H2,1H3. The van der Waals surface area contributed by atoms with E-state index in [1.54, 1.807) is 12.1 Å². The van der Waals surface area contributed by atoms with E-state index >= 15 is 0 Å². The van der Waals surface area contributed by atoms with E-state index in [0.717, 1.165) is 6.42 Å². The van der Waals surface area contributed by atoms with E-state index in [-0.39, 0.29) is 0 Å². The Hall–Kier alpha value is -1.58. The molecule has 0 saturated carbocycles. The Balaban J connectivity index is 2.45. The van der Waals surface area contributed by atoms with Gasteiger partial charge in [0.2, 0.25) is 0 Å². The van der Waals surface area contributed by atoms with Crippen molar-refractivity contribution in [1.82, 2.24) is 0 Å². The number of ether oxygens (including phenoxy) is 1. The molecule has 0 amide bonds. The van der Waals surface area contributed by atoms with E-state index in [1.165, 1.54) is 19.3 Å². The van der Waals surface area contributed by atoms with Crippen molar-refractivity contribution in [3.63, 3.8) is 0 Å². The summed E-state index contributed by atoms with van der Waals surface area (Å²) in [5, 5.41) is 0. The zero-order valence-electron chi connectivity index (χ0n) is 9.83. The first-order chi connectivity index (χ1) is 7.66. The minimum absolute atomic E-state index is 0.408. The van der Waals surface area contributed by atoms with Gasteiger partial charge in [0, 0.05) is 0 Å². The third-order valence-electron chi connectivity index (χ3n) is 2.54. The minimum atomic E-state index is 0.408. The van der Waals surface area contributed by atoms with Gasteiger partial charge in [-0.05, 0) is 18.6 Å². The summed E-state index contributed by atoms with van der Waals surface area (Å²) in [5.41, 5.74) is 18.5. The quantitative estimate of drug-likeness (QED) is 0.510. The van der Waals surface area contributed by atoms with Crippen molar-refractivity contribution in [2.75, 3.05) is 23.8 Å². The fourth-order valence-corrected chi connectivity index (χ4v) is 1.47. The van der Waals surface area contributed by atoms with Gasteiger partial charge in [0.15, 0.2) is 0 Å². The molecule has 0 spiro atoms. The van der Waals surface area contributed by atoms with Gasteiger partial charge in [-0.1, -0.05) is 26.2 Å². The van der Waals surface area contributed by atoms with Crippen LogP contribution in [0.1, 0.15) is 32.6 Å². The van der Waals surface area contributed by atoms with E-state index in [9.17, 15) is 0 Å². The smallest absolute Gasteiger partial charge is 0.144 e. The topological polar surface area (TPSA) is 87.3 Å². The molecule has 0 aliphatic rings. The van der Waals surface area contributed by atoms with Crippen molar-refractivity contribution in [2.24, 2.45) is 0 Å². The summed E-state index contributed by atoms with van der Waals surface area (Å²) in [6.07, 6.45) is 4.68. The molecule has 90 valence electrons. The second-order valence-electron chi connectivity index (χ2n) is 3.89. The van der Waals surface area contributed by atoms with E-state index in [4.69, 9.17) is 21.9 Å². The summed E-state index contributed by atoms with van der Waals surface area (Å²) in [7, 11) is 0. The Morgan fingerprint density at radius 1 is 1.00 bits per heavy atom. The van der Waals surface area contributed by atoms with Crippen LogP contribution in [-0.2, 0) is 0 Å². The Labute approximate surface area is 96.8 Å². The molecule has 0 atom stereocenters. The lowest BCUT2D eigenvalue weighted by Gasteiger charge is -2.11. The van der Waals surface area contributed by atoms with Crippen molar-refractivity contribution < 1.29 is 4.74 Å². The van der Waals surface area contributed by atoms with Gasteiger partial charge in [0.05, 0.1) is 23.7 Å². The van der Waals surface area contributed by atoms with Crippen LogP contribution in [0.15, 0.2) is 12.1 Å². The molecule has 0 aromatic heterocycles. The van der Waals surface area contributed by atoms with Gasteiger partial charge in [-0.2, -0.15) is 0 Å². The highest BCUT2D eigenvalue weighted by atomic mass is 16.5. The lowest BCUT2D eigenvalue weighted by atomic mass is 10.2. The van der Waals surface area contributed by atoms with Crippen molar-refractivity contribution >= 4 is 17.1 Å². The van der Waals surface area contributed by atoms with Gasteiger partial charge >= 0.3 is 0 Å². The van der Waals surface area contributed by atoms with E-state index in [1.807, 2.05) is 0 Å². The van der Waals surface area contributed by atoms with Crippen molar-refractivity contribution in [2.45, 2.75) is 32.6 Å². The fraction of sp³-hybridized carbons (Fsp3) is 0.500. The molecule has 0 heterocycles. The number of benzene rings is 1. The number of anilines is 3. The van der Waals surface area contributed by atoms with Crippen LogP contribution in [0.3, 0.4) is 0 Å². The average molecular weight is 223 g/mol. The molecule has 0 saturated heterocycles. The highest BCUT2D eigenvalue weighted by molar-refractivity contribution is 5.81. The molecule has 6 N–H and O–H groups in total. The van der Waals surface area contributed by atoms with Gasteiger partial charge < -0.3 is 21.9 Å². The van der Waals surface area contributed by atoms with Crippen LogP contribution in [0.4, 0.5) is 17.1 Å². The Kier molecular flexibility index (Phi) is 4.76. The van der Waals surface area contributed by atoms with E-state index in [0.29, 0.717) is 29.4 Å². The molecule has 1 rings (SSSR count). The van der Waals surface area contributed by atoms with Crippen LogP contribution in [0.2, 0.25) is 0 Å². The van der Waals surface area contributed by atoms with Gasteiger partial charge in [0.25, 0.3) is 0 Å². The molecular weight excluding hydrogens is 202 g/mol. The molecule has 0 aliphatic heterocycles. The first-order valence-corrected chi connectivity index (χ1v) is 5.73. The predicted molar refractivity (Wildman–Crippen MR) is 69.3 cm³/mol. The maximum absolute atomic E-state index is 5.79. The predicted octanol–water partition coefficient (Wildman–Crippen LogP) is 2.39. The largest absolute Gasteiger partial charge is 0.491 e. The van der Waals surface area contributed by atoms with Gasteiger partial charge in [-0.15, -0.1) is 0 Å².